The lowest BCUT2D eigenvalue weighted by Crippen LogP contribution is -2.10. The molecular weight excluding hydrogens is 241 g/mol. The molecule has 1 aliphatic carbocycles. The van der Waals surface area contributed by atoms with E-state index >= 15 is 0 Å². The number of pyridine rings is 1. The first-order chi connectivity index (χ1) is 9.20. The number of hydrogen-bond acceptors (Lipinski definition) is 3. The van der Waals surface area contributed by atoms with E-state index in [0.717, 1.165) is 29.6 Å². The number of hydrogen-bond donors (Lipinski definition) is 2. The zero-order chi connectivity index (χ0) is 13.4. The quantitative estimate of drug-likeness (QED) is 0.639. The highest BCUT2D eigenvalue weighted by Crippen LogP contribution is 2.36. The average Bonchev–Trinajstić information content (AvgIpc) is 2.96. The first-order valence-corrected chi connectivity index (χ1v) is 6.77. The van der Waals surface area contributed by atoms with Gasteiger partial charge in [0.2, 0.25) is 0 Å². The third kappa shape index (κ3) is 2.06. The Hall–Kier alpha value is -1.68. The lowest BCUT2D eigenvalue weighted by Gasteiger charge is -2.14. The molecule has 19 heavy (non-hydrogen) atoms. The second kappa shape index (κ2) is 4.78. The van der Waals surface area contributed by atoms with Gasteiger partial charge in [0.25, 0.3) is 0 Å². The number of aromatic nitrogens is 1. The smallest absolute Gasteiger partial charge is 0.134 e. The number of rotatable bonds is 2. The van der Waals surface area contributed by atoms with Gasteiger partial charge in [-0.25, -0.2) is 4.39 Å². The van der Waals surface area contributed by atoms with Gasteiger partial charge in [0.1, 0.15) is 5.82 Å². The molecule has 100 valence electrons. The van der Waals surface area contributed by atoms with E-state index in [0.29, 0.717) is 17.0 Å². The number of hydrazine groups is 1. The number of nitrogens with two attached hydrogens (primary N) is 1. The molecular formula is C15H18FN3. The summed E-state index contributed by atoms with van der Waals surface area (Å²) in [6, 6.07) is 5.14. The van der Waals surface area contributed by atoms with Crippen molar-refractivity contribution in [3.8, 4) is 0 Å². The van der Waals surface area contributed by atoms with E-state index in [4.69, 9.17) is 10.8 Å². The second-order valence-electron chi connectivity index (χ2n) is 5.31. The van der Waals surface area contributed by atoms with Crippen LogP contribution in [0.2, 0.25) is 0 Å². The van der Waals surface area contributed by atoms with Crippen LogP contribution in [-0.2, 0) is 0 Å². The van der Waals surface area contributed by atoms with Crippen molar-refractivity contribution in [3.05, 3.63) is 35.3 Å². The lowest BCUT2D eigenvalue weighted by molar-refractivity contribution is 0.638. The van der Waals surface area contributed by atoms with E-state index in [1.807, 2.05) is 13.0 Å². The topological polar surface area (TPSA) is 50.9 Å². The number of nitrogens with one attached hydrogen (secondary N) is 1. The minimum absolute atomic E-state index is 0.279. The Morgan fingerprint density at radius 3 is 2.74 bits per heavy atom. The average molecular weight is 259 g/mol. The van der Waals surface area contributed by atoms with Crippen LogP contribution in [0, 0.1) is 12.7 Å². The fraction of sp³-hybridized carbons (Fsp3) is 0.400. The van der Waals surface area contributed by atoms with E-state index in [1.54, 1.807) is 6.07 Å². The molecule has 0 saturated heterocycles. The lowest BCUT2D eigenvalue weighted by atomic mass is 10.00. The van der Waals surface area contributed by atoms with Gasteiger partial charge in [-0.1, -0.05) is 18.9 Å². The fourth-order valence-electron chi connectivity index (χ4n) is 3.00. The molecule has 3 nitrogen and oxygen atoms in total. The van der Waals surface area contributed by atoms with Crippen molar-refractivity contribution in [2.75, 3.05) is 5.43 Å². The SMILES string of the molecule is Cc1ccc(F)c2c(NN)cc(C3CCCC3)nc12. The van der Waals surface area contributed by atoms with Crippen molar-refractivity contribution < 1.29 is 4.39 Å². The normalized spacial score (nSPS) is 16.2. The van der Waals surface area contributed by atoms with Crippen molar-refractivity contribution in [3.63, 3.8) is 0 Å². The minimum atomic E-state index is -0.279. The summed E-state index contributed by atoms with van der Waals surface area (Å²) in [5.41, 5.74) is 5.99. The molecule has 1 fully saturated rings. The molecule has 1 aromatic heterocycles. The standard InChI is InChI=1S/C15H18FN3/c1-9-6-7-11(16)14-13(19-17)8-12(18-15(9)14)10-4-2-3-5-10/h6-8,10H,2-5,17H2,1H3,(H,18,19). The molecule has 0 amide bonds. The molecule has 0 unspecified atom stereocenters. The third-order valence-corrected chi connectivity index (χ3v) is 4.06. The number of halogens is 1. The minimum Gasteiger partial charge on any atom is -0.323 e. The molecule has 1 saturated carbocycles. The molecule has 3 N–H and O–H groups in total. The predicted molar refractivity (Wildman–Crippen MR) is 75.5 cm³/mol. The summed E-state index contributed by atoms with van der Waals surface area (Å²) in [6.07, 6.45) is 4.82. The maximum absolute atomic E-state index is 14.0. The largest absolute Gasteiger partial charge is 0.323 e. The highest BCUT2D eigenvalue weighted by molar-refractivity contribution is 5.93. The highest BCUT2D eigenvalue weighted by Gasteiger charge is 2.21. The number of benzene rings is 1. The predicted octanol–water partition coefficient (Wildman–Crippen LogP) is 3.63. The zero-order valence-electron chi connectivity index (χ0n) is 11.0. The number of aryl methyl sites for hydroxylation is 1. The first kappa shape index (κ1) is 12.4. The van der Waals surface area contributed by atoms with Gasteiger partial charge in [-0.2, -0.15) is 0 Å². The summed E-state index contributed by atoms with van der Waals surface area (Å²) in [5.74, 6) is 5.76. The van der Waals surface area contributed by atoms with E-state index in [2.05, 4.69) is 5.43 Å². The Kier molecular flexibility index (Phi) is 3.11. The first-order valence-electron chi connectivity index (χ1n) is 6.77. The Balaban J connectivity index is 2.24. The summed E-state index contributed by atoms with van der Waals surface area (Å²) in [4.78, 5) is 4.69. The summed E-state index contributed by atoms with van der Waals surface area (Å²) < 4.78 is 14.0. The Bertz CT molecular complexity index is 618. The highest BCUT2D eigenvalue weighted by atomic mass is 19.1. The van der Waals surface area contributed by atoms with Crippen molar-refractivity contribution in [2.24, 2.45) is 5.84 Å². The number of fused-ring (bicyclic) bond motifs is 1. The Morgan fingerprint density at radius 2 is 2.05 bits per heavy atom. The summed E-state index contributed by atoms with van der Waals surface area (Å²) >= 11 is 0. The van der Waals surface area contributed by atoms with Crippen LogP contribution in [0.25, 0.3) is 10.9 Å². The van der Waals surface area contributed by atoms with Gasteiger partial charge in [-0.05, 0) is 37.5 Å². The van der Waals surface area contributed by atoms with E-state index < -0.39 is 0 Å². The molecule has 4 heteroatoms. The van der Waals surface area contributed by atoms with Gasteiger partial charge in [-0.15, -0.1) is 0 Å². The molecule has 1 aromatic carbocycles. The van der Waals surface area contributed by atoms with E-state index in [1.165, 1.54) is 18.9 Å². The molecule has 1 heterocycles. The van der Waals surface area contributed by atoms with E-state index in [9.17, 15) is 4.39 Å². The monoisotopic (exact) mass is 259 g/mol. The number of anilines is 1. The number of nitrogen functional groups attached to an aromatic ring is 1. The number of nitrogens with zero attached hydrogens (tertiary/aromatic N) is 1. The van der Waals surface area contributed by atoms with Crippen LogP contribution in [0.3, 0.4) is 0 Å². The van der Waals surface area contributed by atoms with Crippen molar-refractivity contribution >= 4 is 16.6 Å². The van der Waals surface area contributed by atoms with Gasteiger partial charge >= 0.3 is 0 Å². The molecule has 0 aliphatic heterocycles. The zero-order valence-corrected chi connectivity index (χ0v) is 11.0. The third-order valence-electron chi connectivity index (χ3n) is 4.06. The molecule has 2 aromatic rings. The van der Waals surface area contributed by atoms with E-state index in [-0.39, 0.29) is 5.82 Å². The van der Waals surface area contributed by atoms with Crippen molar-refractivity contribution in [2.45, 2.75) is 38.5 Å². The van der Waals surface area contributed by atoms with Crippen molar-refractivity contribution in [1.82, 2.24) is 4.98 Å². The van der Waals surface area contributed by atoms with Crippen LogP contribution in [-0.4, -0.2) is 4.98 Å². The molecule has 0 spiro atoms. The molecule has 1 aliphatic rings. The summed E-state index contributed by atoms with van der Waals surface area (Å²) in [5, 5.41) is 0.490. The summed E-state index contributed by atoms with van der Waals surface area (Å²) in [6.45, 7) is 1.95. The molecule has 0 atom stereocenters. The van der Waals surface area contributed by atoms with Gasteiger partial charge in [0.05, 0.1) is 16.6 Å². The fourth-order valence-corrected chi connectivity index (χ4v) is 3.00. The van der Waals surface area contributed by atoms with Gasteiger partial charge in [-0.3, -0.25) is 10.8 Å². The second-order valence-corrected chi connectivity index (χ2v) is 5.31. The van der Waals surface area contributed by atoms with Crippen LogP contribution in [0.5, 0.6) is 0 Å². The maximum atomic E-state index is 14.0. The Labute approximate surface area is 112 Å². The molecule has 3 rings (SSSR count). The van der Waals surface area contributed by atoms with Crippen LogP contribution >= 0.6 is 0 Å². The van der Waals surface area contributed by atoms with Crippen LogP contribution in [0.15, 0.2) is 18.2 Å². The van der Waals surface area contributed by atoms with Crippen LogP contribution in [0.4, 0.5) is 10.1 Å². The molecule has 0 radical (unpaired) electrons. The van der Waals surface area contributed by atoms with Crippen molar-refractivity contribution in [1.29, 1.82) is 0 Å². The van der Waals surface area contributed by atoms with Gasteiger partial charge in [0, 0.05) is 11.6 Å². The maximum Gasteiger partial charge on any atom is 0.134 e. The molecule has 0 bridgehead atoms. The summed E-state index contributed by atoms with van der Waals surface area (Å²) in [7, 11) is 0. The van der Waals surface area contributed by atoms with Gasteiger partial charge in [0.15, 0.2) is 0 Å². The Morgan fingerprint density at radius 1 is 1.32 bits per heavy atom. The van der Waals surface area contributed by atoms with Crippen LogP contribution < -0.4 is 11.3 Å². The van der Waals surface area contributed by atoms with Gasteiger partial charge < -0.3 is 5.43 Å². The van der Waals surface area contributed by atoms with Crippen LogP contribution in [0.1, 0.15) is 42.9 Å².